The van der Waals surface area contributed by atoms with Crippen LogP contribution < -0.4 is 4.74 Å². The Bertz CT molecular complexity index is 547. The second-order valence-corrected chi connectivity index (χ2v) is 5.31. The van der Waals surface area contributed by atoms with E-state index in [1.165, 1.54) is 0 Å². The van der Waals surface area contributed by atoms with Gasteiger partial charge in [-0.3, -0.25) is 0 Å². The van der Waals surface area contributed by atoms with E-state index in [1.54, 1.807) is 9.80 Å². The molecule has 1 unspecified atom stereocenters. The number of carbonyl (C=O) groups is 1. The summed E-state index contributed by atoms with van der Waals surface area (Å²) >= 11 is 0. The molecule has 2 amide bonds. The van der Waals surface area contributed by atoms with Crippen LogP contribution in [-0.2, 0) is 6.18 Å². The molecule has 2 heterocycles. The smallest absolute Gasteiger partial charge is 0.416 e. The van der Waals surface area contributed by atoms with E-state index in [2.05, 4.69) is 4.98 Å². The van der Waals surface area contributed by atoms with Gasteiger partial charge in [-0.05, 0) is 19.9 Å². The summed E-state index contributed by atoms with van der Waals surface area (Å²) in [6, 6.07) is 1.71. The third kappa shape index (κ3) is 4.27. The molecule has 1 aromatic heterocycles. The molecule has 0 saturated carbocycles. The average molecular weight is 331 g/mol. The zero-order chi connectivity index (χ0) is 17.0. The number of pyridine rings is 1. The molecule has 1 aromatic rings. The number of nitrogens with zero attached hydrogens (tertiary/aromatic N) is 3. The Labute approximate surface area is 133 Å². The maximum Gasteiger partial charge on any atom is 0.416 e. The first-order valence-electron chi connectivity index (χ1n) is 7.58. The fourth-order valence-corrected chi connectivity index (χ4v) is 2.51. The third-order valence-electron chi connectivity index (χ3n) is 3.80. The maximum absolute atomic E-state index is 12.7. The summed E-state index contributed by atoms with van der Waals surface area (Å²) in [5.41, 5.74) is -0.795. The molecule has 2 rings (SSSR count). The van der Waals surface area contributed by atoms with Crippen molar-refractivity contribution in [3.8, 4) is 5.88 Å². The van der Waals surface area contributed by atoms with Crippen molar-refractivity contribution in [2.75, 3.05) is 26.2 Å². The standard InChI is InChI=1S/C15H20F3N3O2/c1-3-20(4-2)14(22)21-8-6-12(10-21)23-13-9-11(5-7-19-13)15(16,17)18/h5,7,9,12H,3-4,6,8,10H2,1-2H3. The number of hydrogen-bond donors (Lipinski definition) is 0. The van der Waals surface area contributed by atoms with Crippen molar-refractivity contribution in [3.63, 3.8) is 0 Å². The highest BCUT2D eigenvalue weighted by molar-refractivity contribution is 5.74. The van der Waals surface area contributed by atoms with E-state index in [4.69, 9.17) is 4.74 Å². The van der Waals surface area contributed by atoms with Crippen molar-refractivity contribution < 1.29 is 22.7 Å². The highest BCUT2D eigenvalue weighted by atomic mass is 19.4. The van der Waals surface area contributed by atoms with Gasteiger partial charge in [0.2, 0.25) is 5.88 Å². The van der Waals surface area contributed by atoms with Crippen LogP contribution in [0.5, 0.6) is 5.88 Å². The number of aromatic nitrogens is 1. The van der Waals surface area contributed by atoms with Crippen LogP contribution in [0.3, 0.4) is 0 Å². The van der Waals surface area contributed by atoms with Crippen molar-refractivity contribution in [1.82, 2.24) is 14.8 Å². The predicted molar refractivity (Wildman–Crippen MR) is 78.2 cm³/mol. The number of halogens is 3. The summed E-state index contributed by atoms with van der Waals surface area (Å²) < 4.78 is 43.5. The first-order chi connectivity index (χ1) is 10.8. The Morgan fingerprint density at radius 1 is 1.43 bits per heavy atom. The molecule has 128 valence electrons. The monoisotopic (exact) mass is 331 g/mol. The zero-order valence-corrected chi connectivity index (χ0v) is 13.1. The molecule has 0 N–H and O–H groups in total. The van der Waals surface area contributed by atoms with Crippen LogP contribution in [0.1, 0.15) is 25.8 Å². The van der Waals surface area contributed by atoms with Gasteiger partial charge in [0.15, 0.2) is 0 Å². The first kappa shape index (κ1) is 17.4. The summed E-state index contributed by atoms with van der Waals surface area (Å²) in [7, 11) is 0. The van der Waals surface area contributed by atoms with Crippen LogP contribution in [-0.4, -0.2) is 53.1 Å². The largest absolute Gasteiger partial charge is 0.472 e. The average Bonchev–Trinajstić information content (AvgIpc) is 2.96. The van der Waals surface area contributed by atoms with Gasteiger partial charge in [0.25, 0.3) is 0 Å². The van der Waals surface area contributed by atoms with Crippen molar-refractivity contribution in [1.29, 1.82) is 0 Å². The van der Waals surface area contributed by atoms with Crippen LogP contribution in [0.15, 0.2) is 18.3 Å². The SMILES string of the molecule is CCN(CC)C(=O)N1CCC(Oc2cc(C(F)(F)F)ccn2)C1. The van der Waals surface area contributed by atoms with E-state index < -0.39 is 11.7 Å². The summed E-state index contributed by atoms with van der Waals surface area (Å²) in [6.07, 6.45) is -3.12. The minimum atomic E-state index is -4.43. The number of hydrogen-bond acceptors (Lipinski definition) is 3. The summed E-state index contributed by atoms with van der Waals surface area (Å²) in [5.74, 6) is -0.0676. The molecule has 23 heavy (non-hydrogen) atoms. The van der Waals surface area contributed by atoms with E-state index >= 15 is 0 Å². The number of alkyl halides is 3. The Morgan fingerprint density at radius 3 is 2.74 bits per heavy atom. The molecule has 0 aliphatic carbocycles. The summed E-state index contributed by atoms with van der Waals surface area (Å²) in [5, 5.41) is 0. The van der Waals surface area contributed by atoms with E-state index in [0.29, 0.717) is 32.6 Å². The van der Waals surface area contributed by atoms with Gasteiger partial charge < -0.3 is 14.5 Å². The maximum atomic E-state index is 12.7. The van der Waals surface area contributed by atoms with Crippen LogP contribution in [0.25, 0.3) is 0 Å². The number of amides is 2. The van der Waals surface area contributed by atoms with Gasteiger partial charge in [-0.1, -0.05) is 0 Å². The van der Waals surface area contributed by atoms with Crippen LogP contribution in [0.2, 0.25) is 0 Å². The molecular weight excluding hydrogens is 311 g/mol. The summed E-state index contributed by atoms with van der Waals surface area (Å²) in [4.78, 5) is 19.4. The fourth-order valence-electron chi connectivity index (χ4n) is 2.51. The first-order valence-corrected chi connectivity index (χ1v) is 7.58. The van der Waals surface area contributed by atoms with E-state index in [0.717, 1.165) is 18.3 Å². The van der Waals surface area contributed by atoms with Gasteiger partial charge in [-0.15, -0.1) is 0 Å². The van der Waals surface area contributed by atoms with Gasteiger partial charge >= 0.3 is 12.2 Å². The zero-order valence-electron chi connectivity index (χ0n) is 13.1. The molecule has 0 spiro atoms. The number of rotatable bonds is 4. The van der Waals surface area contributed by atoms with Gasteiger partial charge in [0, 0.05) is 38.3 Å². The highest BCUT2D eigenvalue weighted by Crippen LogP contribution is 2.31. The molecule has 0 aromatic carbocycles. The van der Waals surface area contributed by atoms with Crippen molar-refractivity contribution in [3.05, 3.63) is 23.9 Å². The lowest BCUT2D eigenvalue weighted by atomic mass is 10.2. The van der Waals surface area contributed by atoms with Crippen molar-refractivity contribution >= 4 is 6.03 Å². The van der Waals surface area contributed by atoms with Gasteiger partial charge in [0.05, 0.1) is 12.1 Å². The molecular formula is C15H20F3N3O2. The molecule has 1 aliphatic heterocycles. The lowest BCUT2D eigenvalue weighted by Crippen LogP contribution is -2.42. The lowest BCUT2D eigenvalue weighted by Gasteiger charge is -2.25. The van der Waals surface area contributed by atoms with Gasteiger partial charge in [-0.25, -0.2) is 9.78 Å². The predicted octanol–water partition coefficient (Wildman–Crippen LogP) is 3.02. The van der Waals surface area contributed by atoms with Crippen molar-refractivity contribution in [2.24, 2.45) is 0 Å². The van der Waals surface area contributed by atoms with Crippen LogP contribution in [0, 0.1) is 0 Å². The molecule has 8 heteroatoms. The second-order valence-electron chi connectivity index (χ2n) is 5.31. The van der Waals surface area contributed by atoms with Crippen molar-refractivity contribution in [2.45, 2.75) is 32.5 Å². The molecule has 0 bridgehead atoms. The molecule has 1 saturated heterocycles. The Morgan fingerprint density at radius 2 is 2.13 bits per heavy atom. The van der Waals surface area contributed by atoms with E-state index in [1.807, 2.05) is 13.8 Å². The minimum Gasteiger partial charge on any atom is -0.472 e. The molecule has 0 radical (unpaired) electrons. The second kappa shape index (κ2) is 7.06. The summed E-state index contributed by atoms with van der Waals surface area (Å²) in [6.45, 7) is 5.92. The van der Waals surface area contributed by atoms with Crippen LogP contribution >= 0.6 is 0 Å². The lowest BCUT2D eigenvalue weighted by molar-refractivity contribution is -0.137. The fraction of sp³-hybridized carbons (Fsp3) is 0.600. The Kier molecular flexibility index (Phi) is 5.33. The Balaban J connectivity index is 1.97. The highest BCUT2D eigenvalue weighted by Gasteiger charge is 2.33. The van der Waals surface area contributed by atoms with Crippen LogP contribution in [0.4, 0.5) is 18.0 Å². The normalized spacial score (nSPS) is 18.1. The third-order valence-corrected chi connectivity index (χ3v) is 3.80. The molecule has 5 nitrogen and oxygen atoms in total. The molecule has 1 fully saturated rings. The minimum absolute atomic E-state index is 0.0676. The molecule has 1 atom stereocenters. The quantitative estimate of drug-likeness (QED) is 0.852. The van der Waals surface area contributed by atoms with E-state index in [-0.39, 0.29) is 18.0 Å². The number of carbonyl (C=O) groups excluding carboxylic acids is 1. The molecule has 1 aliphatic rings. The topological polar surface area (TPSA) is 45.7 Å². The van der Waals surface area contributed by atoms with Gasteiger partial charge in [-0.2, -0.15) is 13.2 Å². The Hall–Kier alpha value is -1.99. The number of likely N-dealkylation sites (tertiary alicyclic amines) is 1. The number of ether oxygens (including phenoxy) is 1. The van der Waals surface area contributed by atoms with E-state index in [9.17, 15) is 18.0 Å². The number of urea groups is 1. The van der Waals surface area contributed by atoms with Gasteiger partial charge in [0.1, 0.15) is 6.10 Å².